The Morgan fingerprint density at radius 1 is 1.33 bits per heavy atom. The maximum atomic E-state index is 2.46. The molecule has 12 heavy (non-hydrogen) atoms. The van der Waals surface area contributed by atoms with E-state index in [0.29, 0.717) is 5.41 Å². The standard InChI is InChI=1S/C12H12/c1-12-6-8-10(11(8)12)7-4-2-3-5-9(7)12/h2-5,8,10-11H,6H2,1H3/t8-,10+,11+,12+/m1/s1. The van der Waals surface area contributed by atoms with Crippen molar-refractivity contribution < 1.29 is 0 Å². The van der Waals surface area contributed by atoms with Gasteiger partial charge >= 0.3 is 0 Å². The van der Waals surface area contributed by atoms with Crippen LogP contribution >= 0.6 is 0 Å². The number of hydrogen-bond donors (Lipinski definition) is 0. The van der Waals surface area contributed by atoms with Crippen molar-refractivity contribution in [1.29, 1.82) is 0 Å². The largest absolute Gasteiger partial charge is 0.0620 e. The van der Waals surface area contributed by atoms with E-state index in [1.165, 1.54) is 6.42 Å². The highest BCUT2D eigenvalue weighted by molar-refractivity contribution is 5.55. The van der Waals surface area contributed by atoms with Crippen LogP contribution in [0.5, 0.6) is 0 Å². The highest BCUT2D eigenvalue weighted by Crippen LogP contribution is 2.81. The van der Waals surface area contributed by atoms with Crippen molar-refractivity contribution in [2.45, 2.75) is 24.7 Å². The predicted octanol–water partition coefficient (Wildman–Crippen LogP) is 2.69. The Morgan fingerprint density at radius 2 is 2.17 bits per heavy atom. The van der Waals surface area contributed by atoms with E-state index in [4.69, 9.17) is 0 Å². The van der Waals surface area contributed by atoms with Gasteiger partial charge in [-0.1, -0.05) is 31.2 Å². The van der Waals surface area contributed by atoms with Crippen LogP contribution in [-0.2, 0) is 5.41 Å². The summed E-state index contributed by atoms with van der Waals surface area (Å²) in [7, 11) is 0. The molecule has 0 heteroatoms. The third-order valence-corrected chi connectivity index (χ3v) is 4.50. The van der Waals surface area contributed by atoms with Crippen LogP contribution in [0.25, 0.3) is 0 Å². The molecule has 2 fully saturated rings. The van der Waals surface area contributed by atoms with Crippen LogP contribution in [0.1, 0.15) is 30.4 Å². The first-order valence-corrected chi connectivity index (χ1v) is 4.92. The molecule has 1 aromatic carbocycles. The van der Waals surface area contributed by atoms with Crippen molar-refractivity contribution in [3.8, 4) is 0 Å². The number of hydrogen-bond acceptors (Lipinski definition) is 0. The van der Waals surface area contributed by atoms with Crippen LogP contribution in [0.4, 0.5) is 0 Å². The molecule has 0 bridgehead atoms. The van der Waals surface area contributed by atoms with Crippen molar-refractivity contribution in [2.75, 3.05) is 0 Å². The minimum Gasteiger partial charge on any atom is -0.0620 e. The first kappa shape index (κ1) is 5.80. The topological polar surface area (TPSA) is 0 Å². The molecule has 0 aromatic heterocycles. The van der Waals surface area contributed by atoms with Crippen LogP contribution in [0.3, 0.4) is 0 Å². The Morgan fingerprint density at radius 3 is 3.00 bits per heavy atom. The Hall–Kier alpha value is -0.780. The second-order valence-electron chi connectivity index (χ2n) is 4.92. The smallest absolute Gasteiger partial charge is 0.00324 e. The van der Waals surface area contributed by atoms with Gasteiger partial charge in [0.15, 0.2) is 0 Å². The van der Waals surface area contributed by atoms with E-state index >= 15 is 0 Å². The summed E-state index contributed by atoms with van der Waals surface area (Å²) in [5.41, 5.74) is 3.95. The molecule has 0 radical (unpaired) electrons. The second-order valence-corrected chi connectivity index (χ2v) is 4.92. The SMILES string of the molecule is C[C@]12C[C@@H]3[C@H](c4ccccc41)[C@H]32. The molecule has 0 aliphatic heterocycles. The van der Waals surface area contributed by atoms with E-state index in [1.54, 1.807) is 11.1 Å². The van der Waals surface area contributed by atoms with Crippen LogP contribution in [0.2, 0.25) is 0 Å². The van der Waals surface area contributed by atoms with Crippen LogP contribution in [0, 0.1) is 11.8 Å². The van der Waals surface area contributed by atoms with E-state index in [0.717, 1.165) is 17.8 Å². The van der Waals surface area contributed by atoms with Gasteiger partial charge < -0.3 is 0 Å². The summed E-state index contributed by atoms with van der Waals surface area (Å²) < 4.78 is 0. The molecule has 4 atom stereocenters. The minimum absolute atomic E-state index is 0.603. The number of rotatable bonds is 0. The van der Waals surface area contributed by atoms with Gasteiger partial charge in [0.2, 0.25) is 0 Å². The average molecular weight is 156 g/mol. The maximum absolute atomic E-state index is 2.46. The lowest BCUT2D eigenvalue weighted by atomic mass is 9.65. The van der Waals surface area contributed by atoms with Crippen molar-refractivity contribution in [3.05, 3.63) is 35.4 Å². The molecule has 3 aliphatic carbocycles. The fraction of sp³-hybridized carbons (Fsp3) is 0.500. The summed E-state index contributed by atoms with van der Waals surface area (Å²) in [6, 6.07) is 9.08. The zero-order chi connectivity index (χ0) is 7.92. The summed E-state index contributed by atoms with van der Waals surface area (Å²) in [6.07, 6.45) is 1.47. The van der Waals surface area contributed by atoms with Crippen molar-refractivity contribution in [3.63, 3.8) is 0 Å². The average Bonchev–Trinajstić information content (AvgIpc) is 2.66. The summed E-state index contributed by atoms with van der Waals surface area (Å²) in [5.74, 6) is 3.12. The van der Waals surface area contributed by atoms with Crippen LogP contribution < -0.4 is 0 Å². The zero-order valence-corrected chi connectivity index (χ0v) is 7.25. The molecular formula is C12H12. The molecule has 60 valence electrons. The molecule has 0 heterocycles. The fourth-order valence-electron chi connectivity index (χ4n) is 3.98. The van der Waals surface area contributed by atoms with Gasteiger partial charge in [0, 0.05) is 0 Å². The fourth-order valence-corrected chi connectivity index (χ4v) is 3.98. The molecule has 0 amide bonds. The molecule has 0 nitrogen and oxygen atoms in total. The van der Waals surface area contributed by atoms with E-state index < -0.39 is 0 Å². The Balaban J connectivity index is 2.08. The highest BCUT2D eigenvalue weighted by Gasteiger charge is 2.74. The zero-order valence-electron chi connectivity index (χ0n) is 7.25. The van der Waals surface area contributed by atoms with Gasteiger partial charge in [-0.05, 0) is 40.7 Å². The van der Waals surface area contributed by atoms with E-state index in [1.807, 2.05) is 0 Å². The monoisotopic (exact) mass is 156 g/mol. The molecule has 0 N–H and O–H groups in total. The van der Waals surface area contributed by atoms with Gasteiger partial charge in [-0.25, -0.2) is 0 Å². The molecular weight excluding hydrogens is 144 g/mol. The summed E-state index contributed by atoms with van der Waals surface area (Å²) in [6.45, 7) is 2.46. The maximum Gasteiger partial charge on any atom is -0.00324 e. The molecule has 0 saturated heterocycles. The normalized spacial score (nSPS) is 50.9. The first-order valence-electron chi connectivity index (χ1n) is 4.92. The van der Waals surface area contributed by atoms with Crippen LogP contribution in [0.15, 0.2) is 24.3 Å². The van der Waals surface area contributed by atoms with E-state index in [9.17, 15) is 0 Å². The second kappa shape index (κ2) is 1.37. The number of benzene rings is 1. The van der Waals surface area contributed by atoms with Gasteiger partial charge in [0.1, 0.15) is 0 Å². The molecule has 3 aliphatic rings. The third-order valence-electron chi connectivity index (χ3n) is 4.50. The van der Waals surface area contributed by atoms with Crippen molar-refractivity contribution in [2.24, 2.45) is 11.8 Å². The number of fused-ring (bicyclic) bond motifs is 4. The Bertz CT molecular complexity index is 379. The molecule has 2 saturated carbocycles. The van der Waals surface area contributed by atoms with Crippen LogP contribution in [-0.4, -0.2) is 0 Å². The summed E-state index contributed by atoms with van der Waals surface area (Å²) in [5, 5.41) is 0. The highest BCUT2D eigenvalue weighted by atomic mass is 14.8. The summed E-state index contributed by atoms with van der Waals surface area (Å²) in [4.78, 5) is 0. The van der Waals surface area contributed by atoms with Crippen molar-refractivity contribution in [1.82, 2.24) is 0 Å². The van der Waals surface area contributed by atoms with Crippen molar-refractivity contribution >= 4 is 0 Å². The van der Waals surface area contributed by atoms with E-state index in [-0.39, 0.29) is 0 Å². The molecule has 1 aromatic rings. The predicted molar refractivity (Wildman–Crippen MR) is 48.1 cm³/mol. The lowest BCUT2D eigenvalue weighted by molar-refractivity contribution is 0.247. The quantitative estimate of drug-likeness (QED) is 0.541. The van der Waals surface area contributed by atoms with Gasteiger partial charge in [-0.2, -0.15) is 0 Å². The lowest BCUT2D eigenvalue weighted by Gasteiger charge is -2.38. The Kier molecular flexibility index (Phi) is 0.660. The van der Waals surface area contributed by atoms with Gasteiger partial charge in [0.05, 0.1) is 0 Å². The molecule has 0 spiro atoms. The van der Waals surface area contributed by atoms with Gasteiger partial charge in [-0.15, -0.1) is 0 Å². The minimum atomic E-state index is 0.603. The summed E-state index contributed by atoms with van der Waals surface area (Å²) >= 11 is 0. The van der Waals surface area contributed by atoms with Gasteiger partial charge in [-0.3, -0.25) is 0 Å². The lowest BCUT2D eigenvalue weighted by Crippen LogP contribution is -2.34. The van der Waals surface area contributed by atoms with Gasteiger partial charge in [0.25, 0.3) is 0 Å². The molecule has 4 rings (SSSR count). The Labute approximate surface area is 72.6 Å². The molecule has 0 unspecified atom stereocenters. The van der Waals surface area contributed by atoms with E-state index in [2.05, 4.69) is 31.2 Å². The third kappa shape index (κ3) is 0.367. The first-order chi connectivity index (χ1) is 5.82.